The van der Waals surface area contributed by atoms with Crippen LogP contribution in [0.3, 0.4) is 0 Å². The van der Waals surface area contributed by atoms with Crippen LogP contribution >= 0.6 is 0 Å². The molecular formula is C38H34O5. The highest BCUT2D eigenvalue weighted by atomic mass is 16.5. The summed E-state index contributed by atoms with van der Waals surface area (Å²) in [6.45, 7) is 4.66. The number of para-hydroxylation sites is 1. The molecule has 5 aromatic rings. The van der Waals surface area contributed by atoms with E-state index in [1.54, 1.807) is 14.2 Å². The van der Waals surface area contributed by atoms with Crippen LogP contribution in [0.4, 0.5) is 0 Å². The van der Waals surface area contributed by atoms with Gasteiger partial charge < -0.3 is 24.1 Å². The molecule has 0 fully saturated rings. The Hall–Kier alpha value is -4.74. The van der Waals surface area contributed by atoms with Gasteiger partial charge in [-0.3, -0.25) is 0 Å². The molecule has 0 radical (unpaired) electrons. The van der Waals surface area contributed by atoms with Gasteiger partial charge in [0.05, 0.1) is 20.8 Å². The molecule has 5 nitrogen and oxygen atoms in total. The Morgan fingerprint density at radius 1 is 0.767 bits per heavy atom. The monoisotopic (exact) mass is 570 g/mol. The summed E-state index contributed by atoms with van der Waals surface area (Å²) in [6.07, 6.45) is 4.37. The molecular weight excluding hydrogens is 536 g/mol. The van der Waals surface area contributed by atoms with Gasteiger partial charge in [0.15, 0.2) is 5.60 Å². The minimum Gasteiger partial charge on any atom is -0.497 e. The number of aliphatic hydroxyl groups excluding tert-OH is 1. The van der Waals surface area contributed by atoms with Crippen molar-refractivity contribution in [3.63, 3.8) is 0 Å². The molecule has 5 aromatic carbocycles. The van der Waals surface area contributed by atoms with Gasteiger partial charge in [0.25, 0.3) is 0 Å². The van der Waals surface area contributed by atoms with E-state index in [9.17, 15) is 5.11 Å². The van der Waals surface area contributed by atoms with Gasteiger partial charge in [-0.25, -0.2) is 0 Å². The highest BCUT2D eigenvalue weighted by Gasteiger charge is 2.45. The maximum absolute atomic E-state index is 9.56. The number of rotatable bonds is 7. The zero-order chi connectivity index (χ0) is 29.8. The third kappa shape index (κ3) is 4.03. The molecule has 216 valence electrons. The molecule has 7 rings (SSSR count). The standard InChI is InChI=1S/C38H34O5/c1-37(2)32-23-26(41-4)15-17-28(32)34-27-16-14-25(40-3)22-30(27)36-29(35(34)37)18-19-38(43-36,24-10-6-5-7-11-24)31-12-8-9-13-33(31)42-21-20-39/h5-19,22-23,39H,20-21H2,1-4H3. The van der Waals surface area contributed by atoms with Crippen molar-refractivity contribution in [3.8, 4) is 34.1 Å². The van der Waals surface area contributed by atoms with Crippen molar-refractivity contribution in [2.45, 2.75) is 24.9 Å². The van der Waals surface area contributed by atoms with Crippen molar-refractivity contribution in [1.82, 2.24) is 0 Å². The molecule has 1 N–H and O–H groups in total. The van der Waals surface area contributed by atoms with Crippen LogP contribution in [0.1, 0.15) is 41.7 Å². The van der Waals surface area contributed by atoms with E-state index in [4.69, 9.17) is 18.9 Å². The first-order valence-electron chi connectivity index (χ1n) is 14.6. The SMILES string of the molecule is COc1ccc2c(c1)C(C)(C)c1c3c(c4cc(OC)ccc4c1-2)OC(c1ccccc1)(c1ccccc1OCCO)C=C3. The van der Waals surface area contributed by atoms with Crippen molar-refractivity contribution in [3.05, 3.63) is 125 Å². The minimum atomic E-state index is -0.983. The number of hydrogen-bond acceptors (Lipinski definition) is 5. The zero-order valence-corrected chi connectivity index (χ0v) is 24.8. The number of ether oxygens (including phenoxy) is 4. The molecule has 0 saturated carbocycles. The van der Waals surface area contributed by atoms with Crippen LogP contribution in [-0.4, -0.2) is 32.5 Å². The second kappa shape index (κ2) is 10.2. The van der Waals surface area contributed by atoms with Crippen LogP contribution in [0, 0.1) is 0 Å². The largest absolute Gasteiger partial charge is 0.497 e. The molecule has 5 heteroatoms. The molecule has 43 heavy (non-hydrogen) atoms. The second-order valence-corrected chi connectivity index (χ2v) is 11.5. The lowest BCUT2D eigenvalue weighted by Crippen LogP contribution is -2.35. The first-order chi connectivity index (χ1) is 20.9. The minimum absolute atomic E-state index is 0.0802. The van der Waals surface area contributed by atoms with Crippen LogP contribution in [0.5, 0.6) is 23.0 Å². The molecule has 1 unspecified atom stereocenters. The lowest BCUT2D eigenvalue weighted by atomic mass is 9.76. The molecule has 2 aliphatic rings. The molecule has 1 heterocycles. The molecule has 0 amide bonds. The van der Waals surface area contributed by atoms with Crippen molar-refractivity contribution >= 4 is 16.8 Å². The van der Waals surface area contributed by atoms with Crippen molar-refractivity contribution in [2.75, 3.05) is 27.4 Å². The predicted molar refractivity (Wildman–Crippen MR) is 171 cm³/mol. The molecule has 1 aliphatic carbocycles. The Morgan fingerprint density at radius 3 is 2.26 bits per heavy atom. The Bertz CT molecular complexity index is 1890. The molecule has 0 bridgehead atoms. The lowest BCUT2D eigenvalue weighted by molar-refractivity contribution is 0.151. The normalized spacial score (nSPS) is 17.5. The summed E-state index contributed by atoms with van der Waals surface area (Å²) in [5.41, 5.74) is 6.47. The summed E-state index contributed by atoms with van der Waals surface area (Å²) in [5, 5.41) is 11.6. The number of methoxy groups -OCH3 is 2. The average molecular weight is 571 g/mol. The van der Waals surface area contributed by atoms with E-state index in [2.05, 4.69) is 62.4 Å². The summed E-state index contributed by atoms with van der Waals surface area (Å²) < 4.78 is 24.8. The number of hydrogen-bond donors (Lipinski definition) is 1. The summed E-state index contributed by atoms with van der Waals surface area (Å²) in [5.74, 6) is 3.06. The lowest BCUT2D eigenvalue weighted by Gasteiger charge is -2.39. The van der Waals surface area contributed by atoms with Crippen LogP contribution in [0.15, 0.2) is 97.1 Å². The van der Waals surface area contributed by atoms with Gasteiger partial charge in [0.1, 0.15) is 29.6 Å². The van der Waals surface area contributed by atoms with E-state index in [0.717, 1.165) is 44.7 Å². The highest BCUT2D eigenvalue weighted by Crippen LogP contribution is 2.59. The maximum Gasteiger partial charge on any atom is 0.181 e. The first-order valence-corrected chi connectivity index (χ1v) is 14.6. The van der Waals surface area contributed by atoms with Gasteiger partial charge in [-0.1, -0.05) is 74.5 Å². The molecule has 1 aliphatic heterocycles. The van der Waals surface area contributed by atoms with Crippen LogP contribution in [0.25, 0.3) is 28.0 Å². The summed E-state index contributed by atoms with van der Waals surface area (Å²) in [4.78, 5) is 0. The van der Waals surface area contributed by atoms with E-state index in [-0.39, 0.29) is 18.6 Å². The van der Waals surface area contributed by atoms with Gasteiger partial charge in [-0.2, -0.15) is 0 Å². The molecule has 0 saturated heterocycles. The van der Waals surface area contributed by atoms with E-state index in [0.29, 0.717) is 5.75 Å². The Labute approximate surface area is 251 Å². The molecule has 1 atom stereocenters. The van der Waals surface area contributed by atoms with Gasteiger partial charge in [-0.15, -0.1) is 0 Å². The maximum atomic E-state index is 9.56. The highest BCUT2D eigenvalue weighted by molar-refractivity contribution is 6.09. The van der Waals surface area contributed by atoms with E-state index in [1.165, 1.54) is 22.3 Å². The Balaban J connectivity index is 1.55. The predicted octanol–water partition coefficient (Wildman–Crippen LogP) is 7.88. The van der Waals surface area contributed by atoms with Gasteiger partial charge in [0.2, 0.25) is 0 Å². The average Bonchev–Trinajstić information content (AvgIpc) is 3.30. The quantitative estimate of drug-likeness (QED) is 0.216. The number of fused-ring (bicyclic) bond motifs is 8. The Kier molecular flexibility index (Phi) is 6.44. The van der Waals surface area contributed by atoms with Gasteiger partial charge in [-0.05, 0) is 70.1 Å². The fourth-order valence-electron chi connectivity index (χ4n) is 6.89. The van der Waals surface area contributed by atoms with Gasteiger partial charge >= 0.3 is 0 Å². The topological polar surface area (TPSA) is 57.2 Å². The van der Waals surface area contributed by atoms with Crippen LogP contribution in [-0.2, 0) is 11.0 Å². The first kappa shape index (κ1) is 27.1. The third-order valence-electron chi connectivity index (χ3n) is 8.89. The third-order valence-corrected chi connectivity index (χ3v) is 8.89. The Morgan fingerprint density at radius 2 is 1.49 bits per heavy atom. The van der Waals surface area contributed by atoms with Crippen molar-refractivity contribution in [2.24, 2.45) is 0 Å². The second-order valence-electron chi connectivity index (χ2n) is 11.5. The van der Waals surface area contributed by atoms with Crippen LogP contribution < -0.4 is 18.9 Å². The summed E-state index contributed by atoms with van der Waals surface area (Å²) in [6, 6.07) is 30.7. The summed E-state index contributed by atoms with van der Waals surface area (Å²) in [7, 11) is 3.40. The van der Waals surface area contributed by atoms with E-state index in [1.807, 2.05) is 54.6 Å². The van der Waals surface area contributed by atoms with Crippen LogP contribution in [0.2, 0.25) is 0 Å². The smallest absolute Gasteiger partial charge is 0.181 e. The molecule has 0 spiro atoms. The summed E-state index contributed by atoms with van der Waals surface area (Å²) >= 11 is 0. The number of benzene rings is 5. The fourth-order valence-corrected chi connectivity index (χ4v) is 6.89. The number of aliphatic hydroxyl groups is 1. The van der Waals surface area contributed by atoms with Gasteiger partial charge in [0, 0.05) is 27.5 Å². The zero-order valence-electron chi connectivity index (χ0n) is 24.8. The van der Waals surface area contributed by atoms with Crippen molar-refractivity contribution in [1.29, 1.82) is 0 Å². The van der Waals surface area contributed by atoms with E-state index < -0.39 is 5.60 Å². The fraction of sp³-hybridized carbons (Fsp3) is 0.211. The van der Waals surface area contributed by atoms with E-state index >= 15 is 0 Å². The molecule has 0 aromatic heterocycles. The van der Waals surface area contributed by atoms with Crippen molar-refractivity contribution < 1.29 is 24.1 Å².